The molecular weight excluding hydrogens is 226 g/mol. The van der Waals surface area contributed by atoms with Crippen molar-refractivity contribution in [1.29, 1.82) is 0 Å². The smallest absolute Gasteiger partial charge is 0.156 e. The third-order valence-corrected chi connectivity index (χ3v) is 1.19. The average Bonchev–Trinajstić information content (AvgIpc) is 1.59. The number of nitrogens with zero attached hydrogens (tertiary/aromatic N) is 1. The van der Waals surface area contributed by atoms with Gasteiger partial charge in [-0.05, 0) is 12.2 Å². The van der Waals surface area contributed by atoms with Crippen LogP contribution in [0.1, 0.15) is 6.92 Å². The van der Waals surface area contributed by atoms with Crippen molar-refractivity contribution in [3.8, 4) is 0 Å². The number of hydrogen-bond donors (Lipinski definition) is 0. The van der Waals surface area contributed by atoms with E-state index in [2.05, 4.69) is 21.1 Å². The van der Waals surface area contributed by atoms with Gasteiger partial charge in [0.25, 0.3) is 0 Å². The highest BCUT2D eigenvalue weighted by Crippen LogP contribution is 1.89. The summed E-state index contributed by atoms with van der Waals surface area (Å²) in [5.41, 5.74) is 0. The molecule has 11 heavy (non-hydrogen) atoms. The minimum absolute atomic E-state index is 0. The second kappa shape index (κ2) is 5.91. The molecule has 0 aromatic carbocycles. The predicted octanol–water partition coefficient (Wildman–Crippen LogP) is -1.94. The summed E-state index contributed by atoms with van der Waals surface area (Å²) in [6.07, 6.45) is 0. The van der Waals surface area contributed by atoms with Gasteiger partial charge in [0.15, 0.2) is 5.05 Å². The SMILES string of the molecule is CC(=S)OCC[N+](C)(C)C.[Br-]. The Morgan fingerprint density at radius 3 is 2.09 bits per heavy atom. The van der Waals surface area contributed by atoms with Gasteiger partial charge in [-0.3, -0.25) is 0 Å². The molecule has 0 saturated heterocycles. The maximum Gasteiger partial charge on any atom is 0.156 e. The lowest BCUT2D eigenvalue weighted by Gasteiger charge is -2.23. The van der Waals surface area contributed by atoms with E-state index in [4.69, 9.17) is 17.0 Å². The van der Waals surface area contributed by atoms with Crippen LogP contribution in [0.5, 0.6) is 0 Å². The largest absolute Gasteiger partial charge is 1.00 e. The molecule has 0 heterocycles. The molecule has 0 spiro atoms. The Morgan fingerprint density at radius 2 is 1.82 bits per heavy atom. The molecular formula is C7H16BrNOS. The molecule has 0 aliphatic rings. The topological polar surface area (TPSA) is 9.23 Å². The summed E-state index contributed by atoms with van der Waals surface area (Å²) in [5.74, 6) is 0. The molecule has 0 amide bonds. The minimum atomic E-state index is 0. The van der Waals surface area contributed by atoms with E-state index in [0.717, 1.165) is 17.6 Å². The van der Waals surface area contributed by atoms with Gasteiger partial charge in [0.05, 0.1) is 21.1 Å². The fourth-order valence-corrected chi connectivity index (χ4v) is 0.547. The lowest BCUT2D eigenvalue weighted by atomic mass is 10.5. The molecule has 0 rings (SSSR count). The summed E-state index contributed by atoms with van der Waals surface area (Å²) in [6.45, 7) is 3.51. The zero-order chi connectivity index (χ0) is 8.20. The van der Waals surface area contributed by atoms with E-state index in [1.807, 2.05) is 0 Å². The molecule has 0 N–H and O–H groups in total. The van der Waals surface area contributed by atoms with Gasteiger partial charge in [0.2, 0.25) is 0 Å². The normalized spacial score (nSPS) is 10.2. The summed E-state index contributed by atoms with van der Waals surface area (Å²) < 4.78 is 6.05. The first kappa shape index (κ1) is 13.9. The number of likely N-dealkylation sites (N-methyl/N-ethyl adjacent to an activating group) is 1. The highest BCUT2D eigenvalue weighted by atomic mass is 79.9. The van der Waals surface area contributed by atoms with E-state index < -0.39 is 0 Å². The van der Waals surface area contributed by atoms with Crippen LogP contribution in [0.3, 0.4) is 0 Å². The number of halogens is 1. The van der Waals surface area contributed by atoms with Crippen LogP contribution in [0.2, 0.25) is 0 Å². The number of rotatable bonds is 3. The van der Waals surface area contributed by atoms with Crippen molar-refractivity contribution in [2.24, 2.45) is 0 Å². The molecule has 0 atom stereocenters. The van der Waals surface area contributed by atoms with Crippen LogP contribution in [0.25, 0.3) is 0 Å². The van der Waals surface area contributed by atoms with Crippen molar-refractivity contribution >= 4 is 17.3 Å². The Hall–Kier alpha value is 0.330. The number of hydrogen-bond acceptors (Lipinski definition) is 2. The van der Waals surface area contributed by atoms with Crippen LogP contribution < -0.4 is 17.0 Å². The van der Waals surface area contributed by atoms with Gasteiger partial charge >= 0.3 is 0 Å². The van der Waals surface area contributed by atoms with Crippen LogP contribution in [-0.2, 0) is 4.74 Å². The monoisotopic (exact) mass is 241 g/mol. The second-order valence-electron chi connectivity index (χ2n) is 3.35. The number of ether oxygens (including phenoxy) is 1. The van der Waals surface area contributed by atoms with Crippen molar-refractivity contribution in [3.63, 3.8) is 0 Å². The Morgan fingerprint density at radius 1 is 1.36 bits per heavy atom. The second-order valence-corrected chi connectivity index (χ2v) is 3.93. The van der Waals surface area contributed by atoms with Gasteiger partial charge in [-0.25, -0.2) is 0 Å². The number of quaternary nitrogens is 1. The van der Waals surface area contributed by atoms with Gasteiger partial charge < -0.3 is 26.2 Å². The van der Waals surface area contributed by atoms with Crippen molar-refractivity contribution in [3.05, 3.63) is 0 Å². The lowest BCUT2D eigenvalue weighted by Crippen LogP contribution is -3.00. The maximum atomic E-state index is 5.13. The highest BCUT2D eigenvalue weighted by molar-refractivity contribution is 7.80. The maximum absolute atomic E-state index is 5.13. The van der Waals surface area contributed by atoms with E-state index in [-0.39, 0.29) is 17.0 Å². The Labute approximate surface area is 84.9 Å². The Balaban J connectivity index is 0. The Kier molecular flexibility index (Phi) is 7.47. The van der Waals surface area contributed by atoms with E-state index in [9.17, 15) is 0 Å². The lowest BCUT2D eigenvalue weighted by molar-refractivity contribution is -0.870. The molecule has 2 nitrogen and oxygen atoms in total. The first-order valence-electron chi connectivity index (χ1n) is 3.35. The van der Waals surface area contributed by atoms with Gasteiger partial charge in [-0.2, -0.15) is 0 Å². The molecule has 4 heteroatoms. The van der Waals surface area contributed by atoms with Crippen LogP contribution in [0, 0.1) is 0 Å². The molecule has 0 aromatic rings. The molecule has 68 valence electrons. The van der Waals surface area contributed by atoms with E-state index >= 15 is 0 Å². The van der Waals surface area contributed by atoms with Crippen LogP contribution in [0.4, 0.5) is 0 Å². The van der Waals surface area contributed by atoms with E-state index in [1.54, 1.807) is 6.92 Å². The zero-order valence-corrected chi connectivity index (χ0v) is 9.96. The molecule has 0 aliphatic heterocycles. The van der Waals surface area contributed by atoms with Crippen molar-refractivity contribution in [2.75, 3.05) is 34.3 Å². The standard InChI is InChI=1S/C7H16NOS.BrH/c1-7(10)9-6-5-8(2,3)4;/h5-6H2,1-4H3;1H/q+1;/p-1. The van der Waals surface area contributed by atoms with Gasteiger partial charge in [0, 0.05) is 6.92 Å². The summed E-state index contributed by atoms with van der Waals surface area (Å²) >= 11 is 4.75. The van der Waals surface area contributed by atoms with E-state index in [0.29, 0.717) is 5.05 Å². The van der Waals surface area contributed by atoms with Crippen LogP contribution in [-0.4, -0.2) is 43.8 Å². The number of thiocarbonyl (C=S) groups is 1. The summed E-state index contributed by atoms with van der Waals surface area (Å²) in [6, 6.07) is 0. The van der Waals surface area contributed by atoms with Gasteiger partial charge in [-0.1, -0.05) is 0 Å². The van der Waals surface area contributed by atoms with Crippen LogP contribution in [0.15, 0.2) is 0 Å². The third kappa shape index (κ3) is 13.3. The summed E-state index contributed by atoms with van der Waals surface area (Å²) in [7, 11) is 6.38. The molecule has 0 aromatic heterocycles. The minimum Gasteiger partial charge on any atom is -1.00 e. The first-order valence-corrected chi connectivity index (χ1v) is 3.76. The van der Waals surface area contributed by atoms with E-state index in [1.165, 1.54) is 0 Å². The van der Waals surface area contributed by atoms with Gasteiger partial charge in [-0.15, -0.1) is 0 Å². The van der Waals surface area contributed by atoms with Crippen molar-refractivity contribution in [1.82, 2.24) is 0 Å². The summed E-state index contributed by atoms with van der Waals surface area (Å²) in [4.78, 5) is 0. The molecule has 0 radical (unpaired) electrons. The fourth-order valence-electron chi connectivity index (χ4n) is 0.463. The molecule has 0 bridgehead atoms. The fraction of sp³-hybridized carbons (Fsp3) is 0.857. The summed E-state index contributed by atoms with van der Waals surface area (Å²) in [5, 5.41) is 0.633. The molecule has 0 aliphatic carbocycles. The van der Waals surface area contributed by atoms with Gasteiger partial charge in [0.1, 0.15) is 13.2 Å². The zero-order valence-electron chi connectivity index (χ0n) is 7.56. The Bertz CT molecular complexity index is 122. The highest BCUT2D eigenvalue weighted by Gasteiger charge is 2.05. The molecule has 0 saturated carbocycles. The predicted molar refractivity (Wildman–Crippen MR) is 47.1 cm³/mol. The quantitative estimate of drug-likeness (QED) is 0.421. The van der Waals surface area contributed by atoms with Crippen molar-refractivity contribution < 1.29 is 26.2 Å². The van der Waals surface area contributed by atoms with Crippen LogP contribution >= 0.6 is 12.2 Å². The first-order chi connectivity index (χ1) is 4.42. The third-order valence-electron chi connectivity index (χ3n) is 1.07. The molecule has 0 fully saturated rings. The van der Waals surface area contributed by atoms with Crippen molar-refractivity contribution in [2.45, 2.75) is 6.92 Å². The molecule has 0 unspecified atom stereocenters. The average molecular weight is 242 g/mol.